The van der Waals surface area contributed by atoms with Gasteiger partial charge in [-0.15, -0.1) is 0 Å². The lowest BCUT2D eigenvalue weighted by molar-refractivity contribution is -0.139. The van der Waals surface area contributed by atoms with Crippen LogP contribution in [-0.4, -0.2) is 54.9 Å². The first-order valence-corrected chi connectivity index (χ1v) is 8.63. The van der Waals surface area contributed by atoms with E-state index >= 15 is 0 Å². The molecular weight excluding hydrogens is 447 g/mol. The van der Waals surface area contributed by atoms with Crippen LogP contribution >= 0.6 is 34.4 Å². The molecule has 1 aliphatic heterocycles. The molecule has 9 heteroatoms. The lowest BCUT2D eigenvalue weighted by Gasteiger charge is -2.12. The molecule has 2 rings (SSSR count). The van der Waals surface area contributed by atoms with Crippen LogP contribution in [0.1, 0.15) is 5.56 Å². The van der Waals surface area contributed by atoms with Crippen LogP contribution in [-0.2, 0) is 9.59 Å². The molecule has 0 aromatic heterocycles. The fraction of sp³-hybridized carbons (Fsp3) is 0.267. The average molecular weight is 462 g/mol. The number of amidine groups is 1. The minimum absolute atomic E-state index is 0.124. The molecule has 1 heterocycles. The summed E-state index contributed by atoms with van der Waals surface area (Å²) in [6, 6.07) is 3.49. The van der Waals surface area contributed by atoms with Crippen LogP contribution in [0, 0.1) is 3.57 Å². The Hall–Kier alpha value is -1.75. The number of ether oxygens (including phenoxy) is 2. The van der Waals surface area contributed by atoms with Crippen molar-refractivity contribution >= 4 is 57.5 Å². The van der Waals surface area contributed by atoms with Crippen LogP contribution < -0.4 is 9.47 Å². The van der Waals surface area contributed by atoms with Gasteiger partial charge in [-0.3, -0.25) is 14.7 Å². The highest BCUT2D eigenvalue weighted by atomic mass is 127. The number of thioether (sulfide) groups is 1. The van der Waals surface area contributed by atoms with Gasteiger partial charge in [0.1, 0.15) is 0 Å². The third-order valence-electron chi connectivity index (χ3n) is 3.08. The number of aliphatic imine (C=N–C) groups is 1. The number of likely N-dealkylation sites (N-methyl/N-ethyl adjacent to an activating group) is 1. The Morgan fingerprint density at radius 3 is 2.75 bits per heavy atom. The zero-order valence-corrected chi connectivity index (χ0v) is 16.2. The first-order valence-electron chi connectivity index (χ1n) is 6.74. The minimum atomic E-state index is -1.07. The Kier molecular flexibility index (Phi) is 6.10. The maximum atomic E-state index is 12.2. The van der Waals surface area contributed by atoms with Crippen LogP contribution in [0.5, 0.6) is 11.5 Å². The normalized spacial score (nSPS) is 17.7. The van der Waals surface area contributed by atoms with Crippen molar-refractivity contribution in [3.05, 3.63) is 26.2 Å². The number of carboxylic acids is 1. The molecule has 1 saturated heterocycles. The third kappa shape index (κ3) is 4.01. The zero-order valence-electron chi connectivity index (χ0n) is 13.2. The fourth-order valence-corrected chi connectivity index (χ4v) is 3.71. The number of carbonyl (C=O) groups is 2. The zero-order chi connectivity index (χ0) is 17.9. The second kappa shape index (κ2) is 7.88. The van der Waals surface area contributed by atoms with Crippen molar-refractivity contribution in [2.75, 3.05) is 27.8 Å². The van der Waals surface area contributed by atoms with Crippen molar-refractivity contribution < 1.29 is 24.2 Å². The highest BCUT2D eigenvalue weighted by Crippen LogP contribution is 2.36. The molecule has 1 aromatic rings. The van der Waals surface area contributed by atoms with Gasteiger partial charge in [-0.2, -0.15) is 0 Å². The highest BCUT2D eigenvalue weighted by Gasteiger charge is 2.29. The van der Waals surface area contributed by atoms with Gasteiger partial charge in [0.25, 0.3) is 5.91 Å². The molecule has 7 nitrogen and oxygen atoms in total. The van der Waals surface area contributed by atoms with E-state index in [0.29, 0.717) is 25.1 Å². The van der Waals surface area contributed by atoms with Gasteiger partial charge in [0.05, 0.1) is 15.6 Å². The van der Waals surface area contributed by atoms with Gasteiger partial charge in [-0.05, 0) is 58.1 Å². The van der Waals surface area contributed by atoms with E-state index in [0.717, 1.165) is 5.56 Å². The van der Waals surface area contributed by atoms with E-state index in [1.165, 1.54) is 23.8 Å². The summed E-state index contributed by atoms with van der Waals surface area (Å²) in [4.78, 5) is 29.0. The number of amides is 1. The number of nitrogens with zero attached hydrogens (tertiary/aromatic N) is 2. The summed E-state index contributed by atoms with van der Waals surface area (Å²) in [5.41, 5.74) is 0.750. The molecule has 1 amide bonds. The molecule has 1 fully saturated rings. The lowest BCUT2D eigenvalue weighted by atomic mass is 10.2. The highest BCUT2D eigenvalue weighted by molar-refractivity contribution is 14.1. The van der Waals surface area contributed by atoms with Crippen LogP contribution in [0.4, 0.5) is 0 Å². The Labute approximate surface area is 156 Å². The SMILES string of the molecule is CN=C1S/C(=C\c2cc(I)c(OCC(=O)O)c(OC)c2)C(=O)N1C. The standard InChI is InChI=1S/C15H15IN2O5S/c1-17-15-18(2)14(21)11(24-15)6-8-4-9(16)13(10(5-8)22-3)23-7-12(19)20/h4-6H,7H2,1-3H3,(H,19,20)/b11-6-,17-15?. The second-order valence-corrected chi connectivity index (χ2v) is 6.87. The van der Waals surface area contributed by atoms with Gasteiger partial charge in [-0.1, -0.05) is 0 Å². The Balaban J connectivity index is 2.36. The molecule has 1 aromatic carbocycles. The topological polar surface area (TPSA) is 88.4 Å². The van der Waals surface area contributed by atoms with Crippen molar-refractivity contribution in [1.29, 1.82) is 0 Å². The van der Waals surface area contributed by atoms with Gasteiger partial charge >= 0.3 is 5.97 Å². The first kappa shape index (κ1) is 18.6. The lowest BCUT2D eigenvalue weighted by Crippen LogP contribution is -2.23. The molecule has 0 atom stereocenters. The number of carboxylic acid groups (broad SMARTS) is 1. The molecular formula is C15H15IN2O5S. The molecule has 24 heavy (non-hydrogen) atoms. The number of methoxy groups -OCH3 is 1. The van der Waals surface area contributed by atoms with Gasteiger partial charge in [0.15, 0.2) is 23.3 Å². The molecule has 0 saturated carbocycles. The van der Waals surface area contributed by atoms with Crippen molar-refractivity contribution in [3.63, 3.8) is 0 Å². The summed E-state index contributed by atoms with van der Waals surface area (Å²) in [6.07, 6.45) is 1.74. The van der Waals surface area contributed by atoms with E-state index in [-0.39, 0.29) is 5.91 Å². The third-order valence-corrected chi connectivity index (χ3v) is 5.04. The van der Waals surface area contributed by atoms with Crippen molar-refractivity contribution in [2.24, 2.45) is 4.99 Å². The smallest absolute Gasteiger partial charge is 0.341 e. The largest absolute Gasteiger partial charge is 0.493 e. The monoisotopic (exact) mass is 462 g/mol. The number of halogens is 1. The van der Waals surface area contributed by atoms with Gasteiger partial charge in [-0.25, -0.2) is 4.79 Å². The number of rotatable bonds is 5. The van der Waals surface area contributed by atoms with E-state index in [9.17, 15) is 9.59 Å². The molecule has 1 aliphatic rings. The van der Waals surface area contributed by atoms with Crippen LogP contribution in [0.25, 0.3) is 6.08 Å². The molecule has 1 N–H and O–H groups in total. The molecule has 0 aliphatic carbocycles. The van der Waals surface area contributed by atoms with Crippen molar-refractivity contribution in [2.45, 2.75) is 0 Å². The molecule has 128 valence electrons. The molecule has 0 bridgehead atoms. The van der Waals surface area contributed by atoms with E-state index in [1.807, 2.05) is 22.6 Å². The van der Waals surface area contributed by atoms with E-state index in [2.05, 4.69) is 4.99 Å². The van der Waals surface area contributed by atoms with E-state index in [4.69, 9.17) is 14.6 Å². The molecule has 0 spiro atoms. The Morgan fingerprint density at radius 2 is 2.21 bits per heavy atom. The van der Waals surface area contributed by atoms with Crippen molar-refractivity contribution in [1.82, 2.24) is 4.90 Å². The van der Waals surface area contributed by atoms with E-state index in [1.54, 1.807) is 32.3 Å². The minimum Gasteiger partial charge on any atom is -0.493 e. The summed E-state index contributed by atoms with van der Waals surface area (Å²) in [7, 11) is 4.78. The predicted octanol–water partition coefficient (Wildman–Crippen LogP) is 2.30. The summed E-state index contributed by atoms with van der Waals surface area (Å²) in [5.74, 6) is -0.425. The number of hydrogen-bond acceptors (Lipinski definition) is 6. The summed E-state index contributed by atoms with van der Waals surface area (Å²) >= 11 is 3.33. The van der Waals surface area contributed by atoms with E-state index < -0.39 is 12.6 Å². The van der Waals surface area contributed by atoms with Gasteiger partial charge < -0.3 is 14.6 Å². The molecule has 0 radical (unpaired) electrons. The first-order chi connectivity index (χ1) is 11.4. The quantitative estimate of drug-likeness (QED) is 0.534. The predicted molar refractivity (Wildman–Crippen MR) is 101 cm³/mol. The number of hydrogen-bond donors (Lipinski definition) is 1. The van der Waals surface area contributed by atoms with Crippen LogP contribution in [0.3, 0.4) is 0 Å². The Bertz CT molecular complexity index is 748. The van der Waals surface area contributed by atoms with Crippen LogP contribution in [0.15, 0.2) is 22.0 Å². The second-order valence-electron chi connectivity index (χ2n) is 4.70. The maximum Gasteiger partial charge on any atom is 0.341 e. The number of carbonyl (C=O) groups excluding carboxylic acids is 1. The maximum absolute atomic E-state index is 12.2. The molecule has 0 unspecified atom stereocenters. The number of benzene rings is 1. The van der Waals surface area contributed by atoms with Crippen LogP contribution in [0.2, 0.25) is 0 Å². The Morgan fingerprint density at radius 1 is 1.50 bits per heavy atom. The average Bonchev–Trinajstić information content (AvgIpc) is 2.81. The summed E-state index contributed by atoms with van der Waals surface area (Å²) in [6.45, 7) is -0.456. The fourth-order valence-electron chi connectivity index (χ4n) is 2.00. The van der Waals surface area contributed by atoms with Gasteiger partial charge in [0.2, 0.25) is 0 Å². The summed E-state index contributed by atoms with van der Waals surface area (Å²) < 4.78 is 11.2. The van der Waals surface area contributed by atoms with Gasteiger partial charge in [0, 0.05) is 14.1 Å². The number of aliphatic carboxylic acids is 1. The van der Waals surface area contributed by atoms with Crippen molar-refractivity contribution in [3.8, 4) is 11.5 Å². The summed E-state index contributed by atoms with van der Waals surface area (Å²) in [5, 5.41) is 9.38.